The van der Waals surface area contributed by atoms with E-state index in [1.165, 1.54) is 6.08 Å². The predicted octanol–water partition coefficient (Wildman–Crippen LogP) is -0.0201. The van der Waals surface area contributed by atoms with Crippen molar-refractivity contribution in [3.8, 4) is 0 Å². The van der Waals surface area contributed by atoms with Gasteiger partial charge in [0.1, 0.15) is 0 Å². The average molecular weight is 262 g/mol. The van der Waals surface area contributed by atoms with Crippen molar-refractivity contribution < 1.29 is 14.3 Å². The molecular weight excluding hydrogens is 236 g/mol. The van der Waals surface area contributed by atoms with Crippen molar-refractivity contribution in [2.75, 3.05) is 6.61 Å². The second-order valence-corrected chi connectivity index (χ2v) is 3.05. The lowest BCUT2D eigenvalue weighted by Crippen LogP contribution is -2.29. The summed E-state index contributed by atoms with van der Waals surface area (Å²) in [5.74, 6) is 7.82. The fraction of sp³-hybridized carbons (Fsp3) is 0.636. The minimum absolute atomic E-state index is 0. The summed E-state index contributed by atoms with van der Waals surface area (Å²) in [5, 5.41) is 0. The van der Waals surface area contributed by atoms with Crippen LogP contribution in [0.3, 0.4) is 0 Å². The molecule has 7 nitrogen and oxygen atoms in total. The Morgan fingerprint density at radius 1 is 1.56 bits per heavy atom. The Balaban J connectivity index is -0.000000210. The first-order valence-electron chi connectivity index (χ1n) is 5.27. The zero-order valence-electron chi connectivity index (χ0n) is 10.5. The third-order valence-electron chi connectivity index (χ3n) is 1.54. The molecule has 1 amide bonds. The highest BCUT2D eigenvalue weighted by Crippen LogP contribution is 1.93. The minimum atomic E-state index is -0.269. The third kappa shape index (κ3) is 14.6. The van der Waals surface area contributed by atoms with E-state index in [4.69, 9.17) is 0 Å². The number of rotatable bonds is 2. The first kappa shape index (κ1) is 21.8. The van der Waals surface area contributed by atoms with Gasteiger partial charge in [0.05, 0.1) is 6.61 Å². The lowest BCUT2D eigenvalue weighted by molar-refractivity contribution is -0.137. The summed E-state index contributed by atoms with van der Waals surface area (Å²) in [6.07, 6.45) is 3.65. The van der Waals surface area contributed by atoms with E-state index < -0.39 is 0 Å². The zero-order valence-corrected chi connectivity index (χ0v) is 10.5. The highest BCUT2D eigenvalue weighted by molar-refractivity contribution is 5.81. The van der Waals surface area contributed by atoms with Gasteiger partial charge in [-0.2, -0.15) is 0 Å². The summed E-state index contributed by atoms with van der Waals surface area (Å²) in [6.45, 7) is 5.96. The van der Waals surface area contributed by atoms with Crippen LogP contribution in [-0.4, -0.2) is 24.5 Å². The number of nitrogens with one attached hydrogen (secondary N) is 2. The Labute approximate surface area is 109 Å². The van der Waals surface area contributed by atoms with E-state index in [1.54, 1.807) is 19.9 Å². The molecule has 1 fully saturated rings. The summed E-state index contributed by atoms with van der Waals surface area (Å²) in [7, 11) is 0. The van der Waals surface area contributed by atoms with E-state index in [2.05, 4.69) is 27.3 Å². The van der Waals surface area contributed by atoms with Gasteiger partial charge in [-0.05, 0) is 20.8 Å². The molecule has 6 N–H and O–H groups in total. The second-order valence-electron chi connectivity index (χ2n) is 3.05. The van der Waals surface area contributed by atoms with Crippen LogP contribution < -0.4 is 22.5 Å². The van der Waals surface area contributed by atoms with Crippen LogP contribution in [0.1, 0.15) is 34.6 Å². The smallest absolute Gasteiger partial charge is 0.330 e. The lowest BCUT2D eigenvalue weighted by atomic mass is 10.3. The van der Waals surface area contributed by atoms with Crippen LogP contribution in [0.4, 0.5) is 0 Å². The maximum Gasteiger partial charge on any atom is 0.330 e. The highest BCUT2D eigenvalue weighted by atomic mass is 16.5. The van der Waals surface area contributed by atoms with E-state index in [-0.39, 0.29) is 19.3 Å². The number of ether oxygens (including phenoxy) is 1. The Hall–Kier alpha value is -1.44. The van der Waals surface area contributed by atoms with Gasteiger partial charge in [-0.15, -0.1) is 0 Å². The molecule has 0 aromatic heterocycles. The fourth-order valence-electron chi connectivity index (χ4n) is 0.910. The normalized spacial score (nSPS) is 16.5. The molecule has 0 spiro atoms. The van der Waals surface area contributed by atoms with Gasteiger partial charge in [0.15, 0.2) is 0 Å². The van der Waals surface area contributed by atoms with Crippen LogP contribution in [-0.2, 0) is 14.3 Å². The van der Waals surface area contributed by atoms with E-state index >= 15 is 0 Å². The molecule has 0 radical (unpaired) electrons. The number of amides is 1. The van der Waals surface area contributed by atoms with Crippen molar-refractivity contribution in [1.82, 2.24) is 10.9 Å². The number of esters is 1. The van der Waals surface area contributed by atoms with Crippen LogP contribution in [0.2, 0.25) is 0 Å². The number of carbonyl (C=O) groups excluding carboxylic acids is 2. The van der Waals surface area contributed by atoms with Crippen molar-refractivity contribution >= 4 is 11.9 Å². The number of hydrogen-bond donors (Lipinski definition) is 4. The Morgan fingerprint density at radius 2 is 2.11 bits per heavy atom. The molecule has 1 atom stereocenters. The first-order valence-corrected chi connectivity index (χ1v) is 5.27. The van der Waals surface area contributed by atoms with Crippen LogP contribution in [0, 0.1) is 0 Å². The van der Waals surface area contributed by atoms with Crippen LogP contribution >= 0.6 is 0 Å². The molecule has 1 heterocycles. The topological polar surface area (TPSA) is 119 Å². The molecule has 0 saturated carbocycles. The maximum atomic E-state index is 10.3. The Kier molecular flexibility index (Phi) is 18.8. The van der Waals surface area contributed by atoms with Crippen LogP contribution in [0.5, 0.6) is 0 Å². The Bertz CT molecular complexity index is 244. The first-order chi connectivity index (χ1) is 8.10. The van der Waals surface area contributed by atoms with Gasteiger partial charge in [-0.3, -0.25) is 21.9 Å². The van der Waals surface area contributed by atoms with Gasteiger partial charge in [0, 0.05) is 18.5 Å². The molecule has 1 rings (SSSR count). The molecule has 108 valence electrons. The SMILES string of the molecule is C.C/C=C/C(=O)OCC.CC1CC(=O)NN1.NN. The molecule has 0 aromatic rings. The van der Waals surface area contributed by atoms with Gasteiger partial charge in [-0.25, -0.2) is 10.2 Å². The molecule has 1 saturated heterocycles. The number of allylic oxidation sites excluding steroid dienone is 1. The van der Waals surface area contributed by atoms with Crippen molar-refractivity contribution in [3.05, 3.63) is 12.2 Å². The van der Waals surface area contributed by atoms with Crippen LogP contribution in [0.15, 0.2) is 12.2 Å². The molecule has 0 aliphatic carbocycles. The van der Waals surface area contributed by atoms with E-state index in [0.29, 0.717) is 19.1 Å². The van der Waals surface area contributed by atoms with E-state index in [0.717, 1.165) is 0 Å². The number of hydrogen-bond acceptors (Lipinski definition) is 6. The molecular formula is C11H26N4O3. The van der Waals surface area contributed by atoms with Crippen molar-refractivity contribution in [2.45, 2.75) is 40.7 Å². The lowest BCUT2D eigenvalue weighted by Gasteiger charge is -1.93. The summed E-state index contributed by atoms with van der Waals surface area (Å²) in [6, 6.07) is 0.312. The molecule has 0 aromatic carbocycles. The second kappa shape index (κ2) is 15.6. The maximum absolute atomic E-state index is 10.3. The van der Waals surface area contributed by atoms with Gasteiger partial charge in [-0.1, -0.05) is 13.5 Å². The average Bonchev–Trinajstić information content (AvgIpc) is 2.67. The third-order valence-corrected chi connectivity index (χ3v) is 1.54. The standard InChI is InChI=1S/C6H10O2.C4H8N2O.CH4.H4N2/c1-3-5-6(7)8-4-2;1-3-2-4(7)6-5-3;;1-2/h3,5H,4H2,1-2H3;3,5H,2H2,1H3,(H,6,7);1H4;1-2H2/b5-3+;;;. The summed E-state index contributed by atoms with van der Waals surface area (Å²) in [5.41, 5.74) is 5.25. The van der Waals surface area contributed by atoms with Crippen molar-refractivity contribution in [3.63, 3.8) is 0 Å². The van der Waals surface area contributed by atoms with Gasteiger partial charge < -0.3 is 4.74 Å². The predicted molar refractivity (Wildman–Crippen MR) is 71.9 cm³/mol. The molecule has 1 aliphatic heterocycles. The van der Waals surface area contributed by atoms with Gasteiger partial charge >= 0.3 is 5.97 Å². The Morgan fingerprint density at radius 3 is 2.33 bits per heavy atom. The summed E-state index contributed by atoms with van der Waals surface area (Å²) < 4.78 is 4.56. The van der Waals surface area contributed by atoms with Gasteiger partial charge in [0.25, 0.3) is 0 Å². The minimum Gasteiger partial charge on any atom is -0.463 e. The quantitative estimate of drug-likeness (QED) is 0.240. The largest absolute Gasteiger partial charge is 0.463 e. The monoisotopic (exact) mass is 262 g/mol. The molecule has 18 heavy (non-hydrogen) atoms. The molecule has 1 aliphatic rings. The van der Waals surface area contributed by atoms with Crippen molar-refractivity contribution in [2.24, 2.45) is 11.7 Å². The summed E-state index contributed by atoms with van der Waals surface area (Å²) in [4.78, 5) is 20.6. The van der Waals surface area contributed by atoms with Crippen LogP contribution in [0.25, 0.3) is 0 Å². The number of carbonyl (C=O) groups is 2. The van der Waals surface area contributed by atoms with E-state index in [9.17, 15) is 9.59 Å². The molecule has 7 heteroatoms. The number of hydrazine groups is 2. The summed E-state index contributed by atoms with van der Waals surface area (Å²) >= 11 is 0. The molecule has 1 unspecified atom stereocenters. The zero-order chi connectivity index (χ0) is 13.7. The number of nitrogens with two attached hydrogens (primary N) is 2. The van der Waals surface area contributed by atoms with E-state index in [1.807, 2.05) is 6.92 Å². The highest BCUT2D eigenvalue weighted by Gasteiger charge is 2.14. The fourth-order valence-corrected chi connectivity index (χ4v) is 0.910. The molecule has 0 bridgehead atoms. The van der Waals surface area contributed by atoms with Crippen molar-refractivity contribution in [1.29, 1.82) is 0 Å². The van der Waals surface area contributed by atoms with Gasteiger partial charge in [0.2, 0.25) is 5.91 Å².